The zero-order chi connectivity index (χ0) is 23.7. The third-order valence-corrected chi connectivity index (χ3v) is 6.05. The number of rotatable bonds is 4. The van der Waals surface area contributed by atoms with Gasteiger partial charge in [0.25, 0.3) is 0 Å². The molecule has 166 valence electrons. The minimum atomic E-state index is 0.877. The van der Waals surface area contributed by atoms with Gasteiger partial charge in [0.1, 0.15) is 0 Å². The summed E-state index contributed by atoms with van der Waals surface area (Å²) in [6, 6.07) is 32.2. The van der Waals surface area contributed by atoms with Gasteiger partial charge in [-0.05, 0) is 63.1 Å². The van der Waals surface area contributed by atoms with E-state index < -0.39 is 0 Å². The lowest BCUT2D eigenvalue weighted by Gasteiger charge is -2.13. The second kappa shape index (κ2) is 9.07. The summed E-state index contributed by atoms with van der Waals surface area (Å²) >= 11 is 0. The maximum absolute atomic E-state index is 5.17. The van der Waals surface area contributed by atoms with Crippen molar-refractivity contribution in [2.24, 2.45) is 0 Å². The minimum Gasteiger partial charge on any atom is -0.252 e. The molecule has 2 nitrogen and oxygen atoms in total. The Balaban J connectivity index is 1.64. The summed E-state index contributed by atoms with van der Waals surface area (Å²) in [5.41, 5.74) is 13.3. The summed E-state index contributed by atoms with van der Waals surface area (Å²) < 4.78 is 0. The van der Waals surface area contributed by atoms with E-state index in [0.29, 0.717) is 0 Å². The van der Waals surface area contributed by atoms with E-state index in [1.807, 2.05) is 12.3 Å². The summed E-state index contributed by atoms with van der Waals surface area (Å²) in [7, 11) is 0. The molecule has 34 heavy (non-hydrogen) atoms. The molecule has 1 aromatic heterocycles. The molecular formula is C32H28N2. The second-order valence-corrected chi connectivity index (χ2v) is 9.15. The van der Waals surface area contributed by atoms with Crippen molar-refractivity contribution in [3.63, 3.8) is 0 Å². The van der Waals surface area contributed by atoms with Crippen LogP contribution in [0, 0.1) is 27.7 Å². The summed E-state index contributed by atoms with van der Waals surface area (Å²) in [5.74, 6) is 0. The molecule has 0 N–H and O–H groups in total. The lowest BCUT2D eigenvalue weighted by Crippen LogP contribution is -1.97. The molecule has 4 aromatic carbocycles. The van der Waals surface area contributed by atoms with Crippen LogP contribution >= 0.6 is 0 Å². The molecule has 1 heterocycles. The van der Waals surface area contributed by atoms with Crippen LogP contribution in [0.5, 0.6) is 0 Å². The smallest absolute Gasteiger partial charge is 0.0972 e. The maximum Gasteiger partial charge on any atom is 0.0972 e. The van der Waals surface area contributed by atoms with Gasteiger partial charge in [0, 0.05) is 16.7 Å². The number of aryl methyl sites for hydroxylation is 4. The van der Waals surface area contributed by atoms with E-state index in [0.717, 1.165) is 33.8 Å². The van der Waals surface area contributed by atoms with Gasteiger partial charge < -0.3 is 0 Å². The fourth-order valence-corrected chi connectivity index (χ4v) is 4.63. The molecule has 0 fully saturated rings. The van der Waals surface area contributed by atoms with E-state index in [4.69, 9.17) is 9.97 Å². The molecular weight excluding hydrogens is 412 g/mol. The van der Waals surface area contributed by atoms with Gasteiger partial charge >= 0.3 is 0 Å². The molecule has 0 unspecified atom stereocenters. The molecule has 0 aliphatic rings. The number of nitrogens with zero attached hydrogens (tertiary/aromatic N) is 2. The molecule has 0 saturated heterocycles. The van der Waals surface area contributed by atoms with Crippen LogP contribution in [0.2, 0.25) is 0 Å². The lowest BCUT2D eigenvalue weighted by atomic mass is 9.97. The summed E-state index contributed by atoms with van der Waals surface area (Å²) in [6.45, 7) is 8.52. The Labute approximate surface area is 202 Å². The Morgan fingerprint density at radius 1 is 0.441 bits per heavy atom. The second-order valence-electron chi connectivity index (χ2n) is 9.15. The topological polar surface area (TPSA) is 25.8 Å². The van der Waals surface area contributed by atoms with Crippen LogP contribution in [0.4, 0.5) is 0 Å². The maximum atomic E-state index is 5.17. The molecule has 5 rings (SSSR count). The zero-order valence-electron chi connectivity index (χ0n) is 20.1. The molecule has 0 spiro atoms. The molecule has 0 atom stereocenters. The van der Waals surface area contributed by atoms with Crippen LogP contribution in [-0.2, 0) is 0 Å². The predicted molar refractivity (Wildman–Crippen MR) is 143 cm³/mol. The summed E-state index contributed by atoms with van der Waals surface area (Å²) in [6.07, 6.45) is 1.90. The highest BCUT2D eigenvalue weighted by atomic mass is 14.8. The number of hydrogen-bond acceptors (Lipinski definition) is 2. The van der Waals surface area contributed by atoms with Crippen LogP contribution in [0.1, 0.15) is 22.3 Å². The SMILES string of the molecule is Cc1cc(C)cc(-c2ncc(-c3ccc(-c4ccccc4)cc3)nc2-c2cc(C)cc(C)c2)c1. The fraction of sp³-hybridized carbons (Fsp3) is 0.125. The van der Waals surface area contributed by atoms with Gasteiger partial charge in [-0.1, -0.05) is 89.0 Å². The van der Waals surface area contributed by atoms with E-state index in [1.54, 1.807) is 0 Å². The number of benzene rings is 4. The molecule has 0 aliphatic carbocycles. The van der Waals surface area contributed by atoms with E-state index in [1.165, 1.54) is 33.4 Å². The summed E-state index contributed by atoms with van der Waals surface area (Å²) in [4.78, 5) is 10.1. The first kappa shape index (κ1) is 21.8. The van der Waals surface area contributed by atoms with Gasteiger partial charge in [-0.25, -0.2) is 4.98 Å². The third kappa shape index (κ3) is 4.53. The summed E-state index contributed by atoms with van der Waals surface area (Å²) in [5, 5.41) is 0. The van der Waals surface area contributed by atoms with Crippen molar-refractivity contribution < 1.29 is 0 Å². The average molecular weight is 441 g/mol. The Morgan fingerprint density at radius 2 is 0.912 bits per heavy atom. The Hall–Kier alpha value is -4.04. The van der Waals surface area contributed by atoms with Gasteiger partial charge in [-0.3, -0.25) is 4.98 Å². The van der Waals surface area contributed by atoms with Crippen molar-refractivity contribution in [1.82, 2.24) is 9.97 Å². The number of hydrogen-bond donors (Lipinski definition) is 0. The van der Waals surface area contributed by atoms with Gasteiger partial charge in [-0.15, -0.1) is 0 Å². The van der Waals surface area contributed by atoms with Crippen molar-refractivity contribution in [1.29, 1.82) is 0 Å². The largest absolute Gasteiger partial charge is 0.252 e. The average Bonchev–Trinajstić information content (AvgIpc) is 2.83. The lowest BCUT2D eigenvalue weighted by molar-refractivity contribution is 1.20. The van der Waals surface area contributed by atoms with Gasteiger partial charge in [0.2, 0.25) is 0 Å². The van der Waals surface area contributed by atoms with Gasteiger partial charge in [0.15, 0.2) is 0 Å². The predicted octanol–water partition coefficient (Wildman–Crippen LogP) is 8.38. The molecule has 0 aliphatic heterocycles. The first-order chi connectivity index (χ1) is 16.5. The monoisotopic (exact) mass is 440 g/mol. The van der Waals surface area contributed by atoms with Crippen molar-refractivity contribution >= 4 is 0 Å². The van der Waals surface area contributed by atoms with E-state index in [-0.39, 0.29) is 0 Å². The van der Waals surface area contributed by atoms with Crippen molar-refractivity contribution in [2.45, 2.75) is 27.7 Å². The molecule has 0 saturated carbocycles. The number of aromatic nitrogens is 2. The highest BCUT2D eigenvalue weighted by molar-refractivity contribution is 5.81. The molecule has 2 heteroatoms. The Kier molecular flexibility index (Phi) is 5.81. The minimum absolute atomic E-state index is 0.877. The third-order valence-electron chi connectivity index (χ3n) is 6.05. The quantitative estimate of drug-likeness (QED) is 0.280. The Morgan fingerprint density at radius 3 is 1.47 bits per heavy atom. The van der Waals surface area contributed by atoms with Gasteiger partial charge in [0.05, 0.1) is 23.3 Å². The molecule has 0 amide bonds. The van der Waals surface area contributed by atoms with Crippen molar-refractivity contribution in [2.75, 3.05) is 0 Å². The van der Waals surface area contributed by atoms with Crippen LogP contribution in [-0.4, -0.2) is 9.97 Å². The van der Waals surface area contributed by atoms with Crippen LogP contribution in [0.15, 0.2) is 97.2 Å². The van der Waals surface area contributed by atoms with Crippen LogP contribution < -0.4 is 0 Å². The van der Waals surface area contributed by atoms with E-state index >= 15 is 0 Å². The van der Waals surface area contributed by atoms with Crippen LogP contribution in [0.25, 0.3) is 44.9 Å². The van der Waals surface area contributed by atoms with Crippen LogP contribution in [0.3, 0.4) is 0 Å². The standard InChI is InChI=1S/C32H28N2/c1-21-14-22(2)17-28(16-21)31-32(29-18-23(3)15-24(4)19-29)34-30(20-33-31)27-12-10-26(11-13-27)25-8-6-5-7-9-25/h5-20H,1-4H3. The van der Waals surface area contributed by atoms with E-state index in [9.17, 15) is 0 Å². The first-order valence-corrected chi connectivity index (χ1v) is 11.7. The fourth-order valence-electron chi connectivity index (χ4n) is 4.63. The molecule has 5 aromatic rings. The molecule has 0 bridgehead atoms. The normalized spacial score (nSPS) is 10.9. The first-order valence-electron chi connectivity index (χ1n) is 11.7. The van der Waals surface area contributed by atoms with Crippen molar-refractivity contribution in [3.05, 3.63) is 119 Å². The Bertz CT molecular complexity index is 1430. The molecule has 0 radical (unpaired) electrons. The van der Waals surface area contributed by atoms with E-state index in [2.05, 4.69) is 113 Å². The highest BCUT2D eigenvalue weighted by Crippen LogP contribution is 2.33. The highest BCUT2D eigenvalue weighted by Gasteiger charge is 2.15. The van der Waals surface area contributed by atoms with Gasteiger partial charge in [-0.2, -0.15) is 0 Å². The zero-order valence-corrected chi connectivity index (χ0v) is 20.1. The van der Waals surface area contributed by atoms with Crippen molar-refractivity contribution in [3.8, 4) is 44.9 Å².